The highest BCUT2D eigenvalue weighted by Gasteiger charge is 2.45. The molecule has 5 rings (SSSR count). The molecule has 2 fully saturated rings. The van der Waals surface area contributed by atoms with Gasteiger partial charge in [-0.2, -0.15) is 0 Å². The SMILES string of the molecule is O=C(O)COc1ccc(O)cc1N1CC(N2CCC3(CC2)Cc2cc(Cl)ccc2O3)[C@H](O)C1. The smallest absolute Gasteiger partial charge is 0.341 e. The molecule has 8 nitrogen and oxygen atoms in total. The number of benzene rings is 2. The fraction of sp³-hybridized carbons (Fsp3) is 0.458. The number of aliphatic hydroxyl groups excluding tert-OH is 1. The number of halogens is 1. The Hall–Kier alpha value is -2.68. The number of hydrogen-bond acceptors (Lipinski definition) is 7. The number of carbonyl (C=O) groups is 1. The lowest BCUT2D eigenvalue weighted by molar-refractivity contribution is -0.139. The molecule has 1 spiro atoms. The highest BCUT2D eigenvalue weighted by molar-refractivity contribution is 6.30. The Bertz CT molecular complexity index is 1060. The van der Waals surface area contributed by atoms with Crippen molar-refractivity contribution in [3.63, 3.8) is 0 Å². The number of carboxylic acid groups (broad SMARTS) is 1. The summed E-state index contributed by atoms with van der Waals surface area (Å²) in [7, 11) is 0. The van der Waals surface area contributed by atoms with Crippen LogP contribution in [0.3, 0.4) is 0 Å². The standard InChI is InChI=1S/C24H27ClN2O6/c25-16-1-3-21-15(9-16)11-24(33-21)5-7-26(8-6-24)19-12-27(13-20(19)29)18-10-17(28)2-4-22(18)32-14-23(30)31/h1-4,9-10,19-20,28-29H,5-8,11-14H2,(H,30,31)/t19?,20-/m1/s1. The van der Waals surface area contributed by atoms with Gasteiger partial charge in [0.1, 0.15) is 22.8 Å². The van der Waals surface area contributed by atoms with Crippen molar-refractivity contribution in [1.82, 2.24) is 4.90 Å². The third-order valence-electron chi connectivity index (χ3n) is 6.93. The summed E-state index contributed by atoms with van der Waals surface area (Å²) in [5, 5.41) is 30.5. The Morgan fingerprint density at radius 2 is 1.97 bits per heavy atom. The van der Waals surface area contributed by atoms with Gasteiger partial charge in [-0.1, -0.05) is 11.6 Å². The molecule has 2 aromatic carbocycles. The number of fused-ring (bicyclic) bond motifs is 1. The minimum Gasteiger partial charge on any atom is -0.508 e. The summed E-state index contributed by atoms with van der Waals surface area (Å²) in [6.45, 7) is 2.07. The van der Waals surface area contributed by atoms with Crippen molar-refractivity contribution in [2.45, 2.75) is 37.0 Å². The van der Waals surface area contributed by atoms with Gasteiger partial charge in [-0.05, 0) is 35.9 Å². The molecule has 2 atom stereocenters. The maximum Gasteiger partial charge on any atom is 0.341 e. The van der Waals surface area contributed by atoms with E-state index >= 15 is 0 Å². The number of aliphatic hydroxyl groups is 1. The van der Waals surface area contributed by atoms with E-state index in [0.29, 0.717) is 24.5 Å². The van der Waals surface area contributed by atoms with Crippen LogP contribution in [0.25, 0.3) is 0 Å². The molecule has 3 aliphatic rings. The number of ether oxygens (including phenoxy) is 2. The summed E-state index contributed by atoms with van der Waals surface area (Å²) >= 11 is 6.15. The van der Waals surface area contributed by atoms with Crippen LogP contribution in [0.15, 0.2) is 36.4 Å². The second kappa shape index (κ2) is 8.59. The summed E-state index contributed by atoms with van der Waals surface area (Å²) in [6, 6.07) is 10.3. The van der Waals surface area contributed by atoms with E-state index in [4.69, 9.17) is 26.2 Å². The van der Waals surface area contributed by atoms with Crippen molar-refractivity contribution in [2.75, 3.05) is 37.7 Å². The Morgan fingerprint density at radius 3 is 2.73 bits per heavy atom. The molecule has 3 aliphatic heterocycles. The number of hydrogen-bond donors (Lipinski definition) is 3. The number of β-amino-alcohol motifs (C(OH)–C–C–N with tert-alkyl or cyclic N) is 1. The van der Waals surface area contributed by atoms with Gasteiger partial charge in [-0.25, -0.2) is 4.79 Å². The highest BCUT2D eigenvalue weighted by atomic mass is 35.5. The summed E-state index contributed by atoms with van der Waals surface area (Å²) < 4.78 is 11.8. The van der Waals surface area contributed by atoms with Gasteiger partial charge < -0.3 is 29.7 Å². The van der Waals surface area contributed by atoms with Crippen LogP contribution in [0.1, 0.15) is 18.4 Å². The molecule has 0 radical (unpaired) electrons. The normalized spacial score (nSPS) is 24.0. The Kier molecular flexibility index (Phi) is 5.76. The molecule has 0 aromatic heterocycles. The highest BCUT2D eigenvalue weighted by Crippen LogP contribution is 2.43. The molecule has 0 aliphatic carbocycles. The largest absolute Gasteiger partial charge is 0.508 e. The molecular formula is C24H27ClN2O6. The first kappa shape index (κ1) is 22.1. The number of phenols is 1. The Morgan fingerprint density at radius 1 is 1.18 bits per heavy atom. The number of anilines is 1. The van der Waals surface area contributed by atoms with Crippen molar-refractivity contribution in [1.29, 1.82) is 0 Å². The molecule has 33 heavy (non-hydrogen) atoms. The van der Waals surface area contributed by atoms with Crippen molar-refractivity contribution in [3.8, 4) is 17.2 Å². The second-order valence-corrected chi connectivity index (χ2v) is 9.56. The predicted octanol–water partition coefficient (Wildman–Crippen LogP) is 2.53. The lowest BCUT2D eigenvalue weighted by Gasteiger charge is -2.41. The van der Waals surface area contributed by atoms with E-state index in [9.17, 15) is 15.0 Å². The maximum absolute atomic E-state index is 10.9. The van der Waals surface area contributed by atoms with E-state index in [1.54, 1.807) is 12.1 Å². The van der Waals surface area contributed by atoms with Crippen LogP contribution in [-0.4, -0.2) is 76.7 Å². The van der Waals surface area contributed by atoms with Crippen molar-refractivity contribution in [2.24, 2.45) is 0 Å². The van der Waals surface area contributed by atoms with E-state index in [0.717, 1.165) is 48.7 Å². The number of rotatable bonds is 5. The quantitative estimate of drug-likeness (QED) is 0.607. The van der Waals surface area contributed by atoms with Crippen LogP contribution < -0.4 is 14.4 Å². The minimum absolute atomic E-state index is 0.0589. The number of nitrogens with zero attached hydrogens (tertiary/aromatic N) is 2. The third kappa shape index (κ3) is 4.43. The van der Waals surface area contributed by atoms with Gasteiger partial charge in [0, 0.05) is 56.5 Å². The first-order valence-electron chi connectivity index (χ1n) is 11.1. The summed E-state index contributed by atoms with van der Waals surface area (Å²) in [4.78, 5) is 15.2. The minimum atomic E-state index is -1.07. The van der Waals surface area contributed by atoms with Crippen LogP contribution in [0.5, 0.6) is 17.2 Å². The lowest BCUT2D eigenvalue weighted by Crippen LogP contribution is -2.53. The molecule has 3 heterocycles. The summed E-state index contributed by atoms with van der Waals surface area (Å²) in [6.07, 6.45) is 2.00. The van der Waals surface area contributed by atoms with Crippen LogP contribution in [0.4, 0.5) is 5.69 Å². The third-order valence-corrected chi connectivity index (χ3v) is 7.17. The molecular weight excluding hydrogens is 448 g/mol. The number of aliphatic carboxylic acids is 1. The monoisotopic (exact) mass is 474 g/mol. The second-order valence-electron chi connectivity index (χ2n) is 9.12. The van der Waals surface area contributed by atoms with Gasteiger partial charge in [0.25, 0.3) is 0 Å². The van der Waals surface area contributed by atoms with Crippen molar-refractivity contribution in [3.05, 3.63) is 47.0 Å². The van der Waals surface area contributed by atoms with Gasteiger partial charge in [-0.3, -0.25) is 4.90 Å². The van der Waals surface area contributed by atoms with Crippen LogP contribution in [-0.2, 0) is 11.2 Å². The fourth-order valence-corrected chi connectivity index (χ4v) is 5.48. The molecule has 2 saturated heterocycles. The number of aromatic hydroxyl groups is 1. The molecule has 2 aromatic rings. The first-order chi connectivity index (χ1) is 15.8. The number of carboxylic acids is 1. The fourth-order valence-electron chi connectivity index (χ4n) is 5.28. The van der Waals surface area contributed by atoms with E-state index < -0.39 is 18.7 Å². The van der Waals surface area contributed by atoms with Crippen molar-refractivity contribution < 1.29 is 29.6 Å². The molecule has 176 valence electrons. The maximum atomic E-state index is 10.9. The van der Waals surface area contributed by atoms with Crippen LogP contribution in [0, 0.1) is 0 Å². The first-order valence-corrected chi connectivity index (χ1v) is 11.5. The Balaban J connectivity index is 1.25. The number of piperidine rings is 1. The molecule has 0 bridgehead atoms. The van der Waals surface area contributed by atoms with Crippen LogP contribution >= 0.6 is 11.6 Å². The Labute approximate surface area is 196 Å². The zero-order valence-electron chi connectivity index (χ0n) is 18.1. The topological polar surface area (TPSA) is 103 Å². The molecule has 0 amide bonds. The number of likely N-dealkylation sites (tertiary alicyclic amines) is 1. The van der Waals surface area contributed by atoms with E-state index in [2.05, 4.69) is 4.90 Å². The van der Waals surface area contributed by atoms with E-state index in [-0.39, 0.29) is 17.4 Å². The summed E-state index contributed by atoms with van der Waals surface area (Å²) in [5.41, 5.74) is 1.52. The summed E-state index contributed by atoms with van der Waals surface area (Å²) in [5.74, 6) is 0.270. The lowest BCUT2D eigenvalue weighted by atomic mass is 9.86. The van der Waals surface area contributed by atoms with E-state index in [1.165, 1.54) is 6.07 Å². The average molecular weight is 475 g/mol. The van der Waals surface area contributed by atoms with Gasteiger partial charge in [0.05, 0.1) is 17.8 Å². The van der Waals surface area contributed by atoms with Crippen LogP contribution in [0.2, 0.25) is 5.02 Å². The van der Waals surface area contributed by atoms with Gasteiger partial charge in [-0.15, -0.1) is 0 Å². The van der Waals surface area contributed by atoms with Gasteiger partial charge >= 0.3 is 5.97 Å². The van der Waals surface area contributed by atoms with Crippen molar-refractivity contribution >= 4 is 23.3 Å². The molecule has 1 unspecified atom stereocenters. The van der Waals surface area contributed by atoms with E-state index in [1.807, 2.05) is 23.1 Å². The molecule has 0 saturated carbocycles. The average Bonchev–Trinajstić information content (AvgIpc) is 3.33. The zero-order chi connectivity index (χ0) is 23.2. The predicted molar refractivity (Wildman–Crippen MR) is 123 cm³/mol. The molecule has 3 N–H and O–H groups in total. The molecule has 9 heteroatoms. The number of phenolic OH excluding ortho intramolecular Hbond substituents is 1. The van der Waals surface area contributed by atoms with Gasteiger partial charge in [0.15, 0.2) is 6.61 Å². The van der Waals surface area contributed by atoms with Gasteiger partial charge in [0.2, 0.25) is 0 Å². The zero-order valence-corrected chi connectivity index (χ0v) is 18.9.